The molecule has 4 aromatic carbocycles. The van der Waals surface area contributed by atoms with E-state index in [1.54, 1.807) is 0 Å². The van der Waals surface area contributed by atoms with E-state index < -0.39 is 0 Å². The molecule has 12 heteroatoms. The van der Waals surface area contributed by atoms with Gasteiger partial charge in [-0.2, -0.15) is 0 Å². The third kappa shape index (κ3) is 4.65. The average Bonchev–Trinajstić information content (AvgIpc) is 3.83. The van der Waals surface area contributed by atoms with E-state index in [0.717, 1.165) is 60.5 Å². The van der Waals surface area contributed by atoms with Gasteiger partial charge in [0, 0.05) is 78.5 Å². The molecule has 0 atom stereocenters. The summed E-state index contributed by atoms with van der Waals surface area (Å²) in [5, 5.41) is 3.48. The Morgan fingerprint density at radius 3 is 1.30 bits per heavy atom. The Morgan fingerprint density at radius 2 is 0.851 bits per heavy atom. The topological polar surface area (TPSA) is 109 Å². The van der Waals surface area contributed by atoms with Gasteiger partial charge in [0.15, 0.2) is 23.3 Å². The molecular weight excluding hydrogens is 702 g/mol. The predicted octanol–water partition coefficient (Wildman–Crippen LogP) is 9.08. The second-order valence-electron chi connectivity index (χ2n) is 11.1. The number of fused-ring (bicyclic) bond motifs is 20. The van der Waals surface area contributed by atoms with Crippen molar-refractivity contribution in [3.05, 3.63) is 95.6 Å². The number of halogens is 3. The third-order valence-corrected chi connectivity index (χ3v) is 9.39. The van der Waals surface area contributed by atoms with Crippen LogP contribution in [0.15, 0.2) is 78.9 Å². The molecule has 7 aromatic rings. The van der Waals surface area contributed by atoms with Crippen molar-refractivity contribution in [2.24, 2.45) is 0 Å². The molecule has 0 unspecified atom stereocenters. The molecule has 3 aromatic heterocycles. The fraction of sp³-hybridized carbons (Fsp3) is 0.0857. The fourth-order valence-corrected chi connectivity index (χ4v) is 7.28. The molecule has 0 saturated carbocycles. The first-order chi connectivity index (χ1) is 22.6. The molecule has 2 aliphatic rings. The smallest absolute Gasteiger partial charge is 0.164 e. The van der Waals surface area contributed by atoms with Gasteiger partial charge in [0.25, 0.3) is 0 Å². The van der Waals surface area contributed by atoms with Crippen molar-refractivity contribution < 1.29 is 17.1 Å². The molecule has 233 valence electrons. The van der Waals surface area contributed by atoms with Gasteiger partial charge in [-0.25, -0.2) is 29.9 Å². The Bertz CT molecular complexity index is 2580. The van der Waals surface area contributed by atoms with Crippen LogP contribution < -0.4 is 0 Å². The molecule has 9 rings (SSSR count). The molecule has 0 fully saturated rings. The van der Waals surface area contributed by atoms with Gasteiger partial charge in [0.05, 0.1) is 0 Å². The van der Waals surface area contributed by atoms with Gasteiger partial charge in [0.2, 0.25) is 0 Å². The molecule has 1 radical (unpaired) electrons. The number of hydrogen-bond donors (Lipinski definition) is 2. The van der Waals surface area contributed by atoms with Crippen LogP contribution in [-0.4, -0.2) is 39.9 Å². The Kier molecular flexibility index (Phi) is 7.47. The normalized spacial score (nSPS) is 11.8. The summed E-state index contributed by atoms with van der Waals surface area (Å²) >= 11 is 19.6. The maximum absolute atomic E-state index is 6.63. The molecular formula is C35H21Cl3CuN8. The summed E-state index contributed by atoms with van der Waals surface area (Å²) in [5.74, 6) is 2.87. The van der Waals surface area contributed by atoms with Crippen LogP contribution in [0.5, 0.6) is 0 Å². The quantitative estimate of drug-likeness (QED) is 0.139. The zero-order valence-corrected chi connectivity index (χ0v) is 27.5. The van der Waals surface area contributed by atoms with Gasteiger partial charge in [-0.15, -0.1) is 34.8 Å². The number of hydrogen-bond acceptors (Lipinski definition) is 6. The summed E-state index contributed by atoms with van der Waals surface area (Å²) in [6, 6.07) is 25.9. The van der Waals surface area contributed by atoms with Crippen LogP contribution in [0, 0.1) is 0 Å². The molecule has 2 aliphatic heterocycles. The first-order valence-corrected chi connectivity index (χ1v) is 16.2. The van der Waals surface area contributed by atoms with Crippen LogP contribution in [0.2, 0.25) is 0 Å². The maximum atomic E-state index is 6.63. The molecule has 47 heavy (non-hydrogen) atoms. The number of alkyl halides is 3. The van der Waals surface area contributed by atoms with Gasteiger partial charge in [-0.3, -0.25) is 0 Å². The Morgan fingerprint density at radius 1 is 0.447 bits per heavy atom. The van der Waals surface area contributed by atoms with Crippen molar-refractivity contribution in [2.45, 2.75) is 17.6 Å². The van der Waals surface area contributed by atoms with Crippen molar-refractivity contribution in [3.8, 4) is 45.6 Å². The van der Waals surface area contributed by atoms with E-state index in [0.29, 0.717) is 45.9 Å². The van der Waals surface area contributed by atoms with E-state index in [4.69, 9.17) is 64.7 Å². The predicted molar refractivity (Wildman–Crippen MR) is 185 cm³/mol. The number of aromatic amines is 2. The van der Waals surface area contributed by atoms with E-state index in [1.807, 2.05) is 78.9 Å². The zero-order chi connectivity index (χ0) is 30.9. The maximum Gasteiger partial charge on any atom is 0.164 e. The molecule has 0 aliphatic carbocycles. The molecule has 8 bridgehead atoms. The largest absolute Gasteiger partial charge is 0.324 e. The summed E-state index contributed by atoms with van der Waals surface area (Å²) in [6.07, 6.45) is 0. The van der Waals surface area contributed by atoms with Crippen LogP contribution in [0.4, 0.5) is 0 Å². The molecule has 0 spiro atoms. The first-order valence-electron chi connectivity index (χ1n) is 14.6. The Labute approximate surface area is 293 Å². The van der Waals surface area contributed by atoms with Crippen LogP contribution in [0.25, 0.3) is 89.7 Å². The van der Waals surface area contributed by atoms with Crippen molar-refractivity contribution in [2.75, 3.05) is 0 Å². The standard InChI is InChI=1S/C35H21Cl3N8.Cu/c36-14-17-13-24-27(26(16-38)25(17)15-37)35-45-33-23-12-6-5-11-22(23)31(43-33)41-29-19-8-2-1-7-18(19)28(39-29)40-30-20-9-3-4-10-21(20)32(42-30)44-34(24)46-35;/h1-13H,14-16H2,(H2,39,40,41,42,43,44,45,46);. The van der Waals surface area contributed by atoms with Crippen LogP contribution in [0.3, 0.4) is 0 Å². The van der Waals surface area contributed by atoms with Gasteiger partial charge >= 0.3 is 0 Å². The second kappa shape index (κ2) is 11.7. The molecule has 2 N–H and O–H groups in total. The minimum atomic E-state index is 0. The number of aromatic nitrogens is 8. The fourth-order valence-electron chi connectivity index (χ4n) is 6.42. The van der Waals surface area contributed by atoms with E-state index in [-0.39, 0.29) is 34.7 Å². The monoisotopic (exact) mass is 721 g/mol. The van der Waals surface area contributed by atoms with Crippen molar-refractivity contribution in [3.63, 3.8) is 0 Å². The van der Waals surface area contributed by atoms with E-state index in [1.165, 1.54) is 0 Å². The third-order valence-electron chi connectivity index (χ3n) is 8.57. The average molecular weight is 724 g/mol. The van der Waals surface area contributed by atoms with Crippen molar-refractivity contribution >= 4 is 78.9 Å². The number of H-pyrrole nitrogens is 2. The summed E-state index contributed by atoms with van der Waals surface area (Å²) in [5.41, 5.74) is 8.54. The van der Waals surface area contributed by atoms with Gasteiger partial charge in [-0.05, 0) is 22.8 Å². The molecule has 8 nitrogen and oxygen atoms in total. The van der Waals surface area contributed by atoms with Gasteiger partial charge < -0.3 is 9.97 Å². The second-order valence-corrected chi connectivity index (χ2v) is 11.9. The van der Waals surface area contributed by atoms with E-state index >= 15 is 0 Å². The number of nitrogens with one attached hydrogen (secondary N) is 2. The minimum absolute atomic E-state index is 0. The van der Waals surface area contributed by atoms with E-state index in [2.05, 4.69) is 9.97 Å². The minimum Gasteiger partial charge on any atom is -0.324 e. The zero-order valence-electron chi connectivity index (χ0n) is 24.2. The molecule has 0 saturated heterocycles. The van der Waals surface area contributed by atoms with Gasteiger partial charge in [0.1, 0.15) is 22.6 Å². The van der Waals surface area contributed by atoms with Crippen LogP contribution in [0.1, 0.15) is 16.7 Å². The van der Waals surface area contributed by atoms with Gasteiger partial charge in [-0.1, -0.05) is 72.8 Å². The summed E-state index contributed by atoms with van der Waals surface area (Å²) in [6.45, 7) is 0. The number of rotatable bonds is 3. The van der Waals surface area contributed by atoms with Crippen LogP contribution in [-0.2, 0) is 34.7 Å². The molecule has 0 amide bonds. The van der Waals surface area contributed by atoms with E-state index in [9.17, 15) is 0 Å². The summed E-state index contributed by atoms with van der Waals surface area (Å²) in [7, 11) is 0. The summed E-state index contributed by atoms with van der Waals surface area (Å²) in [4.78, 5) is 37.2. The van der Waals surface area contributed by atoms with Crippen molar-refractivity contribution in [1.29, 1.82) is 0 Å². The van der Waals surface area contributed by atoms with Crippen molar-refractivity contribution in [1.82, 2.24) is 39.9 Å². The Balaban J connectivity index is 0.00000324. The Hall–Kier alpha value is -4.37. The first kappa shape index (κ1) is 30.0. The number of nitrogens with zero attached hydrogens (tertiary/aromatic N) is 6. The number of benzene rings is 4. The molecule has 5 heterocycles. The van der Waals surface area contributed by atoms with Crippen LogP contribution >= 0.6 is 34.8 Å². The SMILES string of the molecule is ClCc1cc2c3nc4nc(nc5[nH]c(nc6nc(nc([nH]3)c2c(CCl)c1CCl)-c1ccccc1-6)c1ccccc51)-c1ccccc1-4.[Cu]. The summed E-state index contributed by atoms with van der Waals surface area (Å²) < 4.78 is 0.